The van der Waals surface area contributed by atoms with E-state index < -0.39 is 0 Å². The van der Waals surface area contributed by atoms with E-state index in [9.17, 15) is 4.79 Å². The van der Waals surface area contributed by atoms with Gasteiger partial charge in [0.2, 0.25) is 0 Å². The van der Waals surface area contributed by atoms with Crippen LogP contribution in [0.4, 0.5) is 0 Å². The molecule has 26 heavy (non-hydrogen) atoms. The van der Waals surface area contributed by atoms with Crippen LogP contribution in [0, 0.1) is 0 Å². The van der Waals surface area contributed by atoms with E-state index in [4.69, 9.17) is 0 Å². The van der Waals surface area contributed by atoms with Gasteiger partial charge in [-0.15, -0.1) is 24.0 Å². The van der Waals surface area contributed by atoms with Crippen LogP contribution in [0.25, 0.3) is 0 Å². The molecule has 1 amide bonds. The Bertz CT molecular complexity index is 599. The van der Waals surface area contributed by atoms with Crippen molar-refractivity contribution in [2.45, 2.75) is 25.8 Å². The fourth-order valence-corrected chi connectivity index (χ4v) is 3.47. The number of hydrogen-bond donors (Lipinski definition) is 3. The predicted octanol–water partition coefficient (Wildman–Crippen LogP) is 2.45. The molecule has 0 spiro atoms. The first kappa shape index (κ1) is 23.2. The normalized spacial score (nSPS) is 17.5. The fraction of sp³-hybridized carbons (Fsp3) is 0.556. The average molecular weight is 538 g/mol. The van der Waals surface area contributed by atoms with Crippen LogP contribution < -0.4 is 16.0 Å². The maximum Gasteiger partial charge on any atom is 0.251 e. The van der Waals surface area contributed by atoms with E-state index in [0.717, 1.165) is 23.5 Å². The molecule has 1 aliphatic heterocycles. The van der Waals surface area contributed by atoms with Crippen LogP contribution in [-0.2, 0) is 0 Å². The second kappa shape index (κ2) is 12.5. The number of likely N-dealkylation sites (tertiary alicyclic amines) is 1. The molecule has 1 unspecified atom stereocenters. The minimum Gasteiger partial charge on any atom is -0.355 e. The number of nitrogens with zero attached hydrogens (tertiary/aromatic N) is 2. The van der Waals surface area contributed by atoms with Crippen LogP contribution in [0.3, 0.4) is 0 Å². The van der Waals surface area contributed by atoms with Gasteiger partial charge in [-0.25, -0.2) is 0 Å². The Morgan fingerprint density at radius 1 is 1.31 bits per heavy atom. The Morgan fingerprint density at radius 3 is 2.77 bits per heavy atom. The standard InChI is InChI=1S/C18H28BrN5O.HI/c1-3-24-11-5-8-16(24)13-23-18(20-2)22-10-9-21-17(25)14-6-4-7-15(19)12-14;/h4,6-7,12,16H,3,5,8-11,13H2,1-2H3,(H,21,25)(H2,20,22,23);1H. The number of likely N-dealkylation sites (N-methyl/N-ethyl adjacent to an activating group) is 1. The number of carbonyl (C=O) groups excluding carboxylic acids is 1. The van der Waals surface area contributed by atoms with Gasteiger partial charge in [0.25, 0.3) is 5.91 Å². The van der Waals surface area contributed by atoms with Crippen LogP contribution in [0.1, 0.15) is 30.1 Å². The van der Waals surface area contributed by atoms with Crippen molar-refractivity contribution in [1.82, 2.24) is 20.9 Å². The molecule has 1 aliphatic rings. The molecule has 6 nitrogen and oxygen atoms in total. The molecule has 0 aromatic heterocycles. The second-order valence-corrected chi connectivity index (χ2v) is 6.99. The highest BCUT2D eigenvalue weighted by atomic mass is 127. The number of nitrogens with one attached hydrogen (secondary N) is 3. The number of hydrogen-bond acceptors (Lipinski definition) is 3. The van der Waals surface area contributed by atoms with Gasteiger partial charge in [-0.2, -0.15) is 0 Å². The summed E-state index contributed by atoms with van der Waals surface area (Å²) in [5, 5.41) is 9.53. The molecular weight excluding hydrogens is 509 g/mol. The lowest BCUT2D eigenvalue weighted by atomic mass is 10.2. The monoisotopic (exact) mass is 537 g/mol. The Hall–Kier alpha value is -0.870. The molecule has 1 saturated heterocycles. The molecule has 2 rings (SSSR count). The van der Waals surface area contributed by atoms with E-state index in [1.54, 1.807) is 13.1 Å². The van der Waals surface area contributed by atoms with Gasteiger partial charge in [0.15, 0.2) is 5.96 Å². The van der Waals surface area contributed by atoms with E-state index in [1.165, 1.54) is 19.4 Å². The summed E-state index contributed by atoms with van der Waals surface area (Å²) in [6, 6.07) is 7.95. The zero-order valence-electron chi connectivity index (χ0n) is 15.4. The number of carbonyl (C=O) groups is 1. The van der Waals surface area contributed by atoms with Crippen molar-refractivity contribution in [3.05, 3.63) is 34.3 Å². The maximum absolute atomic E-state index is 12.1. The first-order valence-electron chi connectivity index (χ1n) is 8.86. The van der Waals surface area contributed by atoms with Gasteiger partial charge in [-0.1, -0.05) is 28.9 Å². The molecule has 0 bridgehead atoms. The summed E-state index contributed by atoms with van der Waals surface area (Å²) in [6.45, 7) is 6.56. The van der Waals surface area contributed by atoms with Crippen LogP contribution >= 0.6 is 39.9 Å². The van der Waals surface area contributed by atoms with Crippen molar-refractivity contribution in [2.24, 2.45) is 4.99 Å². The van der Waals surface area contributed by atoms with Crippen LogP contribution in [0.5, 0.6) is 0 Å². The zero-order valence-corrected chi connectivity index (χ0v) is 19.3. The van der Waals surface area contributed by atoms with Gasteiger partial charge in [-0.05, 0) is 44.1 Å². The SMILES string of the molecule is CCN1CCCC1CNC(=NC)NCCNC(=O)c1cccc(Br)c1.I. The lowest BCUT2D eigenvalue weighted by Crippen LogP contribution is -2.46. The summed E-state index contributed by atoms with van der Waals surface area (Å²) in [7, 11) is 1.77. The van der Waals surface area contributed by atoms with Gasteiger partial charge in [0, 0.05) is 42.8 Å². The topological polar surface area (TPSA) is 68.8 Å². The molecule has 0 aliphatic carbocycles. The Balaban J connectivity index is 0.00000338. The van der Waals surface area contributed by atoms with Gasteiger partial charge < -0.3 is 16.0 Å². The number of aliphatic imine (C=N–C) groups is 1. The molecule has 1 aromatic rings. The largest absolute Gasteiger partial charge is 0.355 e. The molecule has 0 radical (unpaired) electrons. The van der Waals surface area contributed by atoms with E-state index in [-0.39, 0.29) is 29.9 Å². The average Bonchev–Trinajstić information content (AvgIpc) is 3.08. The summed E-state index contributed by atoms with van der Waals surface area (Å²) in [6.07, 6.45) is 2.51. The highest BCUT2D eigenvalue weighted by molar-refractivity contribution is 14.0. The minimum atomic E-state index is -0.0735. The quantitative estimate of drug-likeness (QED) is 0.216. The molecule has 8 heteroatoms. The third-order valence-corrected chi connectivity index (χ3v) is 4.92. The third-order valence-electron chi connectivity index (χ3n) is 4.42. The summed E-state index contributed by atoms with van der Waals surface area (Å²) in [5.74, 6) is 0.704. The van der Waals surface area contributed by atoms with E-state index in [0.29, 0.717) is 24.7 Å². The molecule has 1 fully saturated rings. The first-order chi connectivity index (χ1) is 12.1. The van der Waals surface area contributed by atoms with Gasteiger partial charge in [-0.3, -0.25) is 14.7 Å². The van der Waals surface area contributed by atoms with Crippen LogP contribution in [0.2, 0.25) is 0 Å². The van der Waals surface area contributed by atoms with Crippen molar-refractivity contribution in [1.29, 1.82) is 0 Å². The molecular formula is C18H29BrIN5O. The second-order valence-electron chi connectivity index (χ2n) is 6.07. The van der Waals surface area contributed by atoms with E-state index in [1.807, 2.05) is 18.2 Å². The zero-order chi connectivity index (χ0) is 18.1. The van der Waals surface area contributed by atoms with Gasteiger partial charge in [0.05, 0.1) is 0 Å². The number of guanidine groups is 1. The van der Waals surface area contributed by atoms with Crippen molar-refractivity contribution >= 4 is 51.8 Å². The van der Waals surface area contributed by atoms with Gasteiger partial charge >= 0.3 is 0 Å². The minimum absolute atomic E-state index is 0. The molecule has 0 saturated carbocycles. The highest BCUT2D eigenvalue weighted by Gasteiger charge is 2.22. The fourth-order valence-electron chi connectivity index (χ4n) is 3.07. The lowest BCUT2D eigenvalue weighted by Gasteiger charge is -2.24. The van der Waals surface area contributed by atoms with Crippen molar-refractivity contribution in [3.8, 4) is 0 Å². The summed E-state index contributed by atoms with van der Waals surface area (Å²) in [4.78, 5) is 18.8. The summed E-state index contributed by atoms with van der Waals surface area (Å²) in [5.41, 5.74) is 0.651. The number of benzene rings is 1. The third kappa shape index (κ3) is 7.40. The highest BCUT2D eigenvalue weighted by Crippen LogP contribution is 2.15. The van der Waals surface area contributed by atoms with E-state index >= 15 is 0 Å². The molecule has 1 aromatic carbocycles. The smallest absolute Gasteiger partial charge is 0.251 e. The van der Waals surface area contributed by atoms with Gasteiger partial charge in [0.1, 0.15) is 0 Å². The number of rotatable bonds is 7. The van der Waals surface area contributed by atoms with Crippen molar-refractivity contribution in [2.75, 3.05) is 39.8 Å². The Kier molecular flexibility index (Phi) is 11.1. The molecule has 1 heterocycles. The molecule has 146 valence electrons. The van der Waals surface area contributed by atoms with Crippen LogP contribution in [0.15, 0.2) is 33.7 Å². The predicted molar refractivity (Wildman–Crippen MR) is 122 cm³/mol. The van der Waals surface area contributed by atoms with Crippen molar-refractivity contribution < 1.29 is 4.79 Å². The summed E-state index contributed by atoms with van der Waals surface area (Å²) >= 11 is 3.38. The Labute approximate surface area is 181 Å². The van der Waals surface area contributed by atoms with Crippen LogP contribution in [-0.4, -0.2) is 62.6 Å². The summed E-state index contributed by atoms with van der Waals surface area (Å²) < 4.78 is 0.899. The maximum atomic E-state index is 12.1. The lowest BCUT2D eigenvalue weighted by molar-refractivity contribution is 0.0954. The number of amides is 1. The van der Waals surface area contributed by atoms with E-state index in [2.05, 4.69) is 48.7 Å². The Morgan fingerprint density at radius 2 is 2.08 bits per heavy atom. The number of halogens is 2. The first-order valence-corrected chi connectivity index (χ1v) is 9.65. The van der Waals surface area contributed by atoms with Crippen molar-refractivity contribution in [3.63, 3.8) is 0 Å². The molecule has 3 N–H and O–H groups in total. The molecule has 1 atom stereocenters.